The second-order valence-electron chi connectivity index (χ2n) is 6.31. The molecule has 1 aromatic heterocycles. The van der Waals surface area contributed by atoms with Crippen molar-refractivity contribution in [2.75, 3.05) is 11.9 Å². The van der Waals surface area contributed by atoms with Gasteiger partial charge in [-0.3, -0.25) is 9.78 Å². The first-order valence-electron chi connectivity index (χ1n) is 8.97. The Kier molecular flexibility index (Phi) is 5.84. The maximum absolute atomic E-state index is 12.3. The fraction of sp³-hybridized carbons (Fsp3) is 0.350. The number of hydrogen-bond acceptors (Lipinski definition) is 5. The van der Waals surface area contributed by atoms with Gasteiger partial charge in [-0.05, 0) is 56.2 Å². The van der Waals surface area contributed by atoms with E-state index in [0.29, 0.717) is 17.9 Å². The van der Waals surface area contributed by atoms with Gasteiger partial charge in [0.25, 0.3) is 5.91 Å². The third-order valence-corrected chi connectivity index (χ3v) is 4.37. The highest BCUT2D eigenvalue weighted by Gasteiger charge is 2.18. The first-order chi connectivity index (χ1) is 12.7. The Morgan fingerprint density at radius 3 is 2.54 bits per heavy atom. The number of rotatable bonds is 6. The minimum Gasteiger partial charge on any atom is -0.462 e. The lowest BCUT2D eigenvalue weighted by Crippen LogP contribution is -2.33. The monoisotopic (exact) mass is 353 g/mol. The fourth-order valence-electron chi connectivity index (χ4n) is 3.03. The van der Waals surface area contributed by atoms with E-state index in [2.05, 4.69) is 15.6 Å². The Morgan fingerprint density at radius 1 is 1.12 bits per heavy atom. The quantitative estimate of drug-likeness (QED) is 0.775. The smallest absolute Gasteiger partial charge is 0.338 e. The normalized spacial score (nSPS) is 14.0. The topological polar surface area (TPSA) is 80.3 Å². The number of anilines is 2. The van der Waals surface area contributed by atoms with Gasteiger partial charge in [-0.2, -0.15) is 0 Å². The lowest BCUT2D eigenvalue weighted by Gasteiger charge is -2.12. The zero-order chi connectivity index (χ0) is 18.4. The summed E-state index contributed by atoms with van der Waals surface area (Å²) < 4.78 is 4.97. The molecule has 1 heterocycles. The fourth-order valence-corrected chi connectivity index (χ4v) is 3.03. The maximum atomic E-state index is 12.3. The third-order valence-electron chi connectivity index (χ3n) is 4.37. The predicted molar refractivity (Wildman–Crippen MR) is 99.6 cm³/mol. The number of hydrogen-bond donors (Lipinski definition) is 2. The van der Waals surface area contributed by atoms with Gasteiger partial charge in [0.15, 0.2) is 0 Å². The summed E-state index contributed by atoms with van der Waals surface area (Å²) >= 11 is 0. The van der Waals surface area contributed by atoms with E-state index in [0.717, 1.165) is 24.2 Å². The number of aromatic nitrogens is 1. The van der Waals surface area contributed by atoms with Crippen LogP contribution in [0.5, 0.6) is 0 Å². The minimum absolute atomic E-state index is 0.141. The van der Waals surface area contributed by atoms with Gasteiger partial charge >= 0.3 is 5.97 Å². The maximum Gasteiger partial charge on any atom is 0.338 e. The van der Waals surface area contributed by atoms with Crippen LogP contribution in [0, 0.1) is 0 Å². The lowest BCUT2D eigenvalue weighted by atomic mass is 10.2. The van der Waals surface area contributed by atoms with E-state index in [1.807, 2.05) is 0 Å². The second-order valence-corrected chi connectivity index (χ2v) is 6.31. The zero-order valence-corrected chi connectivity index (χ0v) is 14.8. The standard InChI is InChI=1S/C20H23N3O3/c1-2-26-20(25)14-7-9-16(10-8-14)22-17-11-12-21-18(13-17)19(24)23-15-5-3-4-6-15/h7-13,15H,2-6H2,1H3,(H,21,22)(H,23,24). The van der Waals surface area contributed by atoms with E-state index in [9.17, 15) is 9.59 Å². The summed E-state index contributed by atoms with van der Waals surface area (Å²) in [5, 5.41) is 6.26. The number of esters is 1. The molecule has 6 nitrogen and oxygen atoms in total. The molecule has 6 heteroatoms. The van der Waals surface area contributed by atoms with E-state index < -0.39 is 0 Å². The molecule has 1 fully saturated rings. The summed E-state index contributed by atoms with van der Waals surface area (Å²) in [5.74, 6) is -0.480. The number of pyridine rings is 1. The molecule has 1 aliphatic carbocycles. The van der Waals surface area contributed by atoms with Crippen LogP contribution < -0.4 is 10.6 Å². The van der Waals surface area contributed by atoms with Gasteiger partial charge in [-0.15, -0.1) is 0 Å². The van der Waals surface area contributed by atoms with Gasteiger partial charge in [0.05, 0.1) is 12.2 Å². The summed E-state index contributed by atoms with van der Waals surface area (Å²) in [4.78, 5) is 28.2. The van der Waals surface area contributed by atoms with Crippen LogP contribution in [0.4, 0.5) is 11.4 Å². The molecular weight excluding hydrogens is 330 g/mol. The Bertz CT molecular complexity index is 768. The molecule has 1 aliphatic rings. The van der Waals surface area contributed by atoms with Crippen LogP contribution in [0.1, 0.15) is 53.5 Å². The molecule has 1 saturated carbocycles. The van der Waals surface area contributed by atoms with Gasteiger partial charge in [0.2, 0.25) is 0 Å². The van der Waals surface area contributed by atoms with Crippen molar-refractivity contribution in [1.82, 2.24) is 10.3 Å². The summed E-state index contributed by atoms with van der Waals surface area (Å²) in [5.41, 5.74) is 2.47. The Hall–Kier alpha value is -2.89. The Labute approximate surface area is 153 Å². The molecule has 2 aromatic rings. The molecule has 1 amide bonds. The van der Waals surface area contributed by atoms with Crippen molar-refractivity contribution in [3.8, 4) is 0 Å². The lowest BCUT2D eigenvalue weighted by molar-refractivity contribution is 0.0526. The van der Waals surface area contributed by atoms with E-state index in [4.69, 9.17) is 4.74 Å². The number of ether oxygens (including phenoxy) is 1. The van der Waals surface area contributed by atoms with Gasteiger partial charge in [-0.25, -0.2) is 4.79 Å². The number of carbonyl (C=O) groups is 2. The number of nitrogens with one attached hydrogen (secondary N) is 2. The molecular formula is C20H23N3O3. The number of carbonyl (C=O) groups excluding carboxylic acids is 2. The molecule has 0 radical (unpaired) electrons. The summed E-state index contributed by atoms with van der Waals surface area (Å²) in [6, 6.07) is 10.8. The Morgan fingerprint density at radius 2 is 1.85 bits per heavy atom. The molecule has 2 N–H and O–H groups in total. The van der Waals surface area contributed by atoms with Crippen molar-refractivity contribution in [3.05, 3.63) is 53.9 Å². The largest absolute Gasteiger partial charge is 0.462 e. The van der Waals surface area contributed by atoms with Crippen LogP contribution in [-0.2, 0) is 4.74 Å². The van der Waals surface area contributed by atoms with Crippen molar-refractivity contribution in [3.63, 3.8) is 0 Å². The van der Waals surface area contributed by atoms with Crippen LogP contribution in [0.2, 0.25) is 0 Å². The van der Waals surface area contributed by atoms with Crippen molar-refractivity contribution in [2.45, 2.75) is 38.6 Å². The van der Waals surface area contributed by atoms with E-state index in [-0.39, 0.29) is 17.9 Å². The second kappa shape index (κ2) is 8.47. The Balaban J connectivity index is 1.64. The number of nitrogens with zero attached hydrogens (tertiary/aromatic N) is 1. The SMILES string of the molecule is CCOC(=O)c1ccc(Nc2ccnc(C(=O)NC3CCCC3)c2)cc1. The molecule has 0 unspecified atom stereocenters. The highest BCUT2D eigenvalue weighted by molar-refractivity contribution is 5.93. The third kappa shape index (κ3) is 4.59. The van der Waals surface area contributed by atoms with E-state index >= 15 is 0 Å². The molecule has 3 rings (SSSR count). The molecule has 0 bridgehead atoms. The zero-order valence-electron chi connectivity index (χ0n) is 14.8. The van der Waals surface area contributed by atoms with E-state index in [1.54, 1.807) is 49.5 Å². The van der Waals surface area contributed by atoms with Gasteiger partial charge < -0.3 is 15.4 Å². The minimum atomic E-state index is -0.339. The molecule has 136 valence electrons. The van der Waals surface area contributed by atoms with Crippen molar-refractivity contribution >= 4 is 23.3 Å². The van der Waals surface area contributed by atoms with Crippen molar-refractivity contribution in [1.29, 1.82) is 0 Å². The average Bonchev–Trinajstić information content (AvgIpc) is 3.16. The highest BCUT2D eigenvalue weighted by atomic mass is 16.5. The van der Waals surface area contributed by atoms with Crippen LogP contribution in [0.3, 0.4) is 0 Å². The van der Waals surface area contributed by atoms with Crippen molar-refractivity contribution < 1.29 is 14.3 Å². The van der Waals surface area contributed by atoms with E-state index in [1.165, 1.54) is 12.8 Å². The summed E-state index contributed by atoms with van der Waals surface area (Å²) in [6.07, 6.45) is 6.02. The molecule has 1 aromatic carbocycles. The summed E-state index contributed by atoms with van der Waals surface area (Å²) in [7, 11) is 0. The van der Waals surface area contributed by atoms with Gasteiger partial charge in [0.1, 0.15) is 5.69 Å². The molecule has 0 aliphatic heterocycles. The van der Waals surface area contributed by atoms with Crippen LogP contribution in [-0.4, -0.2) is 29.5 Å². The van der Waals surface area contributed by atoms with Gasteiger partial charge in [0, 0.05) is 23.6 Å². The number of amides is 1. The predicted octanol–water partition coefficient (Wildman–Crippen LogP) is 3.67. The van der Waals surface area contributed by atoms with Crippen LogP contribution in [0.25, 0.3) is 0 Å². The summed E-state index contributed by atoms with van der Waals surface area (Å²) in [6.45, 7) is 2.12. The highest BCUT2D eigenvalue weighted by Crippen LogP contribution is 2.20. The molecule has 26 heavy (non-hydrogen) atoms. The van der Waals surface area contributed by atoms with Gasteiger partial charge in [-0.1, -0.05) is 12.8 Å². The average molecular weight is 353 g/mol. The van der Waals surface area contributed by atoms with Crippen LogP contribution >= 0.6 is 0 Å². The first-order valence-corrected chi connectivity index (χ1v) is 8.97. The number of benzene rings is 1. The van der Waals surface area contributed by atoms with Crippen molar-refractivity contribution in [2.24, 2.45) is 0 Å². The first kappa shape index (κ1) is 17.9. The van der Waals surface area contributed by atoms with Crippen LogP contribution in [0.15, 0.2) is 42.6 Å². The molecule has 0 saturated heterocycles. The molecule has 0 atom stereocenters. The molecule has 0 spiro atoms.